The van der Waals surface area contributed by atoms with Crippen molar-refractivity contribution in [2.24, 2.45) is 10.9 Å². The van der Waals surface area contributed by atoms with Gasteiger partial charge in [-0.25, -0.2) is 4.39 Å². The molecule has 1 saturated heterocycles. The van der Waals surface area contributed by atoms with E-state index in [1.165, 1.54) is 18.2 Å². The van der Waals surface area contributed by atoms with Gasteiger partial charge in [0.05, 0.1) is 17.1 Å². The predicted molar refractivity (Wildman–Crippen MR) is 77.2 cm³/mol. The fraction of sp³-hybridized carbons (Fsp3) is 0.385. The van der Waals surface area contributed by atoms with Crippen LogP contribution in [-0.4, -0.2) is 59.5 Å². The monoisotopic (exact) mass is 314 g/mol. The number of nitrogens with two attached hydrogens (primary N) is 1. The van der Waals surface area contributed by atoms with Crippen molar-refractivity contribution in [3.05, 3.63) is 34.6 Å². The Kier molecular flexibility index (Phi) is 4.98. The lowest BCUT2D eigenvalue weighted by atomic mass is 10.1. The molecular formula is C13H16ClFN4O2. The summed E-state index contributed by atoms with van der Waals surface area (Å²) in [6.45, 7) is 2.32. The van der Waals surface area contributed by atoms with Gasteiger partial charge < -0.3 is 15.8 Å². The van der Waals surface area contributed by atoms with E-state index in [-0.39, 0.29) is 16.4 Å². The van der Waals surface area contributed by atoms with Gasteiger partial charge in [-0.05, 0) is 12.1 Å². The van der Waals surface area contributed by atoms with Crippen LogP contribution in [-0.2, 0) is 0 Å². The highest BCUT2D eigenvalue weighted by Crippen LogP contribution is 2.21. The van der Waals surface area contributed by atoms with Gasteiger partial charge in [-0.2, -0.15) is 0 Å². The Morgan fingerprint density at radius 1 is 1.38 bits per heavy atom. The molecule has 0 aromatic heterocycles. The molecule has 1 aromatic rings. The summed E-state index contributed by atoms with van der Waals surface area (Å²) in [5, 5.41) is 11.6. The number of oxime groups is 1. The first-order valence-electron chi connectivity index (χ1n) is 6.45. The average Bonchev–Trinajstić information content (AvgIpc) is 2.47. The minimum Gasteiger partial charge on any atom is -0.409 e. The molecule has 21 heavy (non-hydrogen) atoms. The molecule has 6 nitrogen and oxygen atoms in total. The third-order valence-corrected chi connectivity index (χ3v) is 3.67. The fourth-order valence-corrected chi connectivity index (χ4v) is 2.47. The van der Waals surface area contributed by atoms with Crippen LogP contribution in [0.5, 0.6) is 0 Å². The van der Waals surface area contributed by atoms with Crippen molar-refractivity contribution < 1.29 is 14.4 Å². The van der Waals surface area contributed by atoms with E-state index in [1.807, 2.05) is 4.90 Å². The summed E-state index contributed by atoms with van der Waals surface area (Å²) in [6.07, 6.45) is 0. The molecule has 0 bridgehead atoms. The molecule has 0 spiro atoms. The van der Waals surface area contributed by atoms with Gasteiger partial charge in [0.1, 0.15) is 5.82 Å². The highest BCUT2D eigenvalue weighted by molar-refractivity contribution is 6.33. The molecule has 0 atom stereocenters. The zero-order chi connectivity index (χ0) is 15.4. The topological polar surface area (TPSA) is 82.2 Å². The number of hydrogen-bond donors (Lipinski definition) is 2. The molecule has 1 amide bonds. The van der Waals surface area contributed by atoms with Crippen molar-refractivity contribution in [2.75, 3.05) is 32.7 Å². The molecule has 1 fully saturated rings. The molecule has 0 aliphatic carbocycles. The number of rotatable bonds is 3. The number of carbonyl (C=O) groups is 1. The lowest BCUT2D eigenvalue weighted by molar-refractivity contribution is 0.0649. The molecule has 1 aromatic carbocycles. The van der Waals surface area contributed by atoms with Crippen LogP contribution in [0.2, 0.25) is 5.02 Å². The zero-order valence-electron chi connectivity index (χ0n) is 11.3. The lowest BCUT2D eigenvalue weighted by Gasteiger charge is -2.34. The summed E-state index contributed by atoms with van der Waals surface area (Å²) in [5.74, 6) is -0.917. The maximum Gasteiger partial charge on any atom is 0.258 e. The molecule has 1 aliphatic rings. The van der Waals surface area contributed by atoms with Crippen molar-refractivity contribution in [1.82, 2.24) is 9.80 Å². The first-order chi connectivity index (χ1) is 10.0. The summed E-state index contributed by atoms with van der Waals surface area (Å²) in [5.41, 5.74) is 5.35. The highest BCUT2D eigenvalue weighted by atomic mass is 35.5. The molecule has 2 rings (SSSR count). The number of hydrogen-bond acceptors (Lipinski definition) is 4. The fourth-order valence-electron chi connectivity index (χ4n) is 2.23. The van der Waals surface area contributed by atoms with Gasteiger partial charge in [0, 0.05) is 26.2 Å². The van der Waals surface area contributed by atoms with Gasteiger partial charge >= 0.3 is 0 Å². The zero-order valence-corrected chi connectivity index (χ0v) is 12.1. The number of amidine groups is 1. The molecule has 0 saturated carbocycles. The minimum atomic E-state index is -0.619. The van der Waals surface area contributed by atoms with Crippen LogP contribution in [0.3, 0.4) is 0 Å². The maximum absolute atomic E-state index is 13.7. The van der Waals surface area contributed by atoms with Gasteiger partial charge in [-0.1, -0.05) is 22.8 Å². The average molecular weight is 315 g/mol. The molecule has 8 heteroatoms. The van der Waals surface area contributed by atoms with Crippen molar-refractivity contribution in [2.45, 2.75) is 0 Å². The maximum atomic E-state index is 13.7. The minimum absolute atomic E-state index is 0.0935. The van der Waals surface area contributed by atoms with Crippen molar-refractivity contribution in [3.8, 4) is 0 Å². The SMILES string of the molecule is NC(CN1CCN(C(=O)c2c(F)cccc2Cl)CC1)=NO. The van der Waals surface area contributed by atoms with Gasteiger partial charge in [-0.3, -0.25) is 9.69 Å². The Labute approximate surface area is 126 Å². The Balaban J connectivity index is 2.01. The molecule has 1 aliphatic heterocycles. The molecule has 0 radical (unpaired) electrons. The van der Waals surface area contributed by atoms with Crippen LogP contribution < -0.4 is 5.73 Å². The Bertz CT molecular complexity index is 539. The van der Waals surface area contributed by atoms with E-state index >= 15 is 0 Å². The highest BCUT2D eigenvalue weighted by Gasteiger charge is 2.26. The van der Waals surface area contributed by atoms with Gasteiger partial charge in [0.15, 0.2) is 5.84 Å². The summed E-state index contributed by atoms with van der Waals surface area (Å²) >= 11 is 5.90. The number of halogens is 2. The molecule has 114 valence electrons. The van der Waals surface area contributed by atoms with Crippen LogP contribution in [0, 0.1) is 5.82 Å². The first kappa shape index (κ1) is 15.5. The van der Waals surface area contributed by atoms with E-state index in [9.17, 15) is 9.18 Å². The lowest BCUT2D eigenvalue weighted by Crippen LogP contribution is -2.50. The summed E-state index contributed by atoms with van der Waals surface area (Å²) in [7, 11) is 0. The first-order valence-corrected chi connectivity index (χ1v) is 6.82. The van der Waals surface area contributed by atoms with Crippen molar-refractivity contribution >= 4 is 23.3 Å². The molecule has 3 N–H and O–H groups in total. The van der Waals surface area contributed by atoms with Crippen molar-refractivity contribution in [3.63, 3.8) is 0 Å². The number of carbonyl (C=O) groups excluding carboxylic acids is 1. The standard InChI is InChI=1S/C13H16ClFN4O2/c14-9-2-1-3-10(15)12(9)13(20)19-6-4-18(5-7-19)8-11(16)17-21/h1-3,21H,4-8H2,(H2,16,17). The molecule has 0 unspecified atom stereocenters. The molecular weight excluding hydrogens is 299 g/mol. The van der Waals surface area contributed by atoms with Crippen molar-refractivity contribution in [1.29, 1.82) is 0 Å². The van der Waals surface area contributed by atoms with E-state index in [0.717, 1.165) is 0 Å². The summed E-state index contributed by atoms with van der Waals surface area (Å²) < 4.78 is 13.7. The number of nitrogens with zero attached hydrogens (tertiary/aromatic N) is 3. The Morgan fingerprint density at radius 3 is 2.62 bits per heavy atom. The van der Waals surface area contributed by atoms with E-state index in [1.54, 1.807) is 4.90 Å². The van der Waals surface area contributed by atoms with Gasteiger partial charge in [0.25, 0.3) is 5.91 Å². The largest absolute Gasteiger partial charge is 0.409 e. The second-order valence-electron chi connectivity index (χ2n) is 4.76. The number of benzene rings is 1. The van der Waals surface area contributed by atoms with E-state index in [4.69, 9.17) is 22.5 Å². The van der Waals surface area contributed by atoms with E-state index < -0.39 is 11.7 Å². The number of piperazine rings is 1. The van der Waals surface area contributed by atoms with Crippen LogP contribution in [0.15, 0.2) is 23.4 Å². The molecule has 1 heterocycles. The summed E-state index contributed by atoms with van der Waals surface area (Å²) in [4.78, 5) is 15.8. The third-order valence-electron chi connectivity index (χ3n) is 3.35. The van der Waals surface area contributed by atoms with Crippen LogP contribution >= 0.6 is 11.6 Å². The second-order valence-corrected chi connectivity index (χ2v) is 5.16. The van der Waals surface area contributed by atoms with Crippen LogP contribution in [0.4, 0.5) is 4.39 Å². The normalized spacial score (nSPS) is 17.0. The van der Waals surface area contributed by atoms with Crippen LogP contribution in [0.25, 0.3) is 0 Å². The predicted octanol–water partition coefficient (Wildman–Crippen LogP) is 0.983. The van der Waals surface area contributed by atoms with E-state index in [0.29, 0.717) is 32.7 Å². The smallest absolute Gasteiger partial charge is 0.258 e. The Morgan fingerprint density at radius 2 is 2.05 bits per heavy atom. The second kappa shape index (κ2) is 6.73. The van der Waals surface area contributed by atoms with Gasteiger partial charge in [-0.15, -0.1) is 0 Å². The summed E-state index contributed by atoms with van der Waals surface area (Å²) in [6, 6.07) is 4.17. The number of amides is 1. The quantitative estimate of drug-likeness (QED) is 0.377. The van der Waals surface area contributed by atoms with Gasteiger partial charge in [0.2, 0.25) is 0 Å². The third kappa shape index (κ3) is 3.62. The van der Waals surface area contributed by atoms with Crippen LogP contribution in [0.1, 0.15) is 10.4 Å². The Hall–Kier alpha value is -1.86. The van der Waals surface area contributed by atoms with E-state index in [2.05, 4.69) is 5.16 Å².